The van der Waals surface area contributed by atoms with Crippen LogP contribution in [0.3, 0.4) is 0 Å². The summed E-state index contributed by atoms with van der Waals surface area (Å²) < 4.78 is 30.0. The molecule has 1 aromatic heterocycles. The Morgan fingerprint density at radius 1 is 1.30 bits per heavy atom. The van der Waals surface area contributed by atoms with Gasteiger partial charge in [0.1, 0.15) is 29.8 Å². The summed E-state index contributed by atoms with van der Waals surface area (Å²) in [5, 5.41) is 9.27. The summed E-state index contributed by atoms with van der Waals surface area (Å²) in [5.41, 5.74) is 1.59. The number of carbonyl (C=O) groups is 1. The molecule has 174 valence electrons. The maximum atomic E-state index is 13.5. The van der Waals surface area contributed by atoms with E-state index in [1.165, 1.54) is 18.5 Å². The Labute approximate surface area is 194 Å². The maximum Gasteiger partial charge on any atom is 0.319 e. The van der Waals surface area contributed by atoms with Gasteiger partial charge in [-0.3, -0.25) is 0 Å². The van der Waals surface area contributed by atoms with Crippen molar-refractivity contribution in [2.75, 3.05) is 44.1 Å². The number of carbonyl (C=O) groups excluding carboxylic acids is 1. The number of benzene rings is 2. The molecule has 33 heavy (non-hydrogen) atoms. The zero-order chi connectivity index (χ0) is 23.2. The van der Waals surface area contributed by atoms with E-state index in [0.717, 1.165) is 6.42 Å². The second kappa shape index (κ2) is 10.6. The molecular formula is C22H23ClFN5O4. The van der Waals surface area contributed by atoms with Gasteiger partial charge in [-0.25, -0.2) is 19.2 Å². The van der Waals surface area contributed by atoms with E-state index in [0.29, 0.717) is 60.2 Å². The van der Waals surface area contributed by atoms with Gasteiger partial charge >= 0.3 is 6.03 Å². The third-order valence-corrected chi connectivity index (χ3v) is 5.23. The molecule has 1 saturated heterocycles. The van der Waals surface area contributed by atoms with Crippen LogP contribution in [0.4, 0.5) is 26.4 Å². The van der Waals surface area contributed by atoms with Crippen LogP contribution < -0.4 is 20.7 Å². The van der Waals surface area contributed by atoms with Crippen molar-refractivity contribution in [2.45, 2.75) is 12.5 Å². The van der Waals surface area contributed by atoms with E-state index >= 15 is 0 Å². The van der Waals surface area contributed by atoms with E-state index < -0.39 is 11.8 Å². The van der Waals surface area contributed by atoms with E-state index in [2.05, 4.69) is 25.9 Å². The highest BCUT2D eigenvalue weighted by molar-refractivity contribution is 6.31. The predicted molar refractivity (Wildman–Crippen MR) is 123 cm³/mol. The first kappa shape index (κ1) is 23.0. The van der Waals surface area contributed by atoms with Crippen molar-refractivity contribution in [2.24, 2.45) is 0 Å². The molecule has 4 rings (SSSR count). The lowest BCUT2D eigenvalue weighted by Gasteiger charge is -2.18. The predicted octanol–water partition coefficient (Wildman–Crippen LogP) is 4.10. The van der Waals surface area contributed by atoms with Crippen molar-refractivity contribution in [1.29, 1.82) is 0 Å². The number of ether oxygens (including phenoxy) is 3. The topological polar surface area (TPSA) is 107 Å². The first-order valence-electron chi connectivity index (χ1n) is 10.3. The van der Waals surface area contributed by atoms with Crippen molar-refractivity contribution in [1.82, 2.24) is 15.3 Å². The smallest absolute Gasteiger partial charge is 0.319 e. The van der Waals surface area contributed by atoms with E-state index in [4.69, 9.17) is 25.8 Å². The number of anilines is 3. The zero-order valence-corrected chi connectivity index (χ0v) is 18.6. The number of amides is 2. The number of urea groups is 1. The van der Waals surface area contributed by atoms with Crippen LogP contribution in [-0.4, -0.2) is 55.6 Å². The van der Waals surface area contributed by atoms with Crippen LogP contribution in [0.2, 0.25) is 5.02 Å². The molecule has 1 aliphatic rings. The van der Waals surface area contributed by atoms with Gasteiger partial charge in [0.15, 0.2) is 0 Å². The first-order chi connectivity index (χ1) is 16.0. The number of halogens is 2. The standard InChI is InChI=1S/C22H23ClFN5O4/c1-31-7-5-25-22(30)29-19-9-15-18(10-20(19)33-14-4-6-32-11-14)26-12-27-21(15)28-13-2-3-17(24)16(23)8-13/h2-3,8-10,12,14H,4-7,11H2,1H3,(H2,25,29,30)(H,26,27,28)/t14-/m0/s1. The summed E-state index contributed by atoms with van der Waals surface area (Å²) in [6.07, 6.45) is 2.03. The molecule has 0 aliphatic carbocycles. The number of hydrogen-bond acceptors (Lipinski definition) is 7. The highest BCUT2D eigenvalue weighted by Gasteiger charge is 2.21. The Kier molecular flexibility index (Phi) is 7.38. The highest BCUT2D eigenvalue weighted by Crippen LogP contribution is 2.35. The Bertz CT molecular complexity index is 1140. The number of nitrogens with zero attached hydrogens (tertiary/aromatic N) is 2. The van der Waals surface area contributed by atoms with E-state index in [1.54, 1.807) is 25.3 Å². The lowest BCUT2D eigenvalue weighted by Crippen LogP contribution is -2.31. The number of rotatable bonds is 8. The van der Waals surface area contributed by atoms with Gasteiger partial charge in [-0.05, 0) is 24.3 Å². The Balaban J connectivity index is 1.67. The monoisotopic (exact) mass is 475 g/mol. The van der Waals surface area contributed by atoms with Gasteiger partial charge in [-0.2, -0.15) is 0 Å². The van der Waals surface area contributed by atoms with Crippen LogP contribution in [-0.2, 0) is 9.47 Å². The minimum absolute atomic E-state index is 0.0112. The highest BCUT2D eigenvalue weighted by atomic mass is 35.5. The minimum Gasteiger partial charge on any atom is -0.486 e. The average molecular weight is 476 g/mol. The van der Waals surface area contributed by atoms with Crippen LogP contribution in [0.25, 0.3) is 10.9 Å². The largest absolute Gasteiger partial charge is 0.486 e. The molecule has 0 saturated carbocycles. The number of fused-ring (bicyclic) bond motifs is 1. The number of hydrogen-bond donors (Lipinski definition) is 3. The molecule has 0 spiro atoms. The Morgan fingerprint density at radius 3 is 2.94 bits per heavy atom. The van der Waals surface area contributed by atoms with E-state index in [-0.39, 0.29) is 11.1 Å². The quantitative estimate of drug-likeness (QED) is 0.421. The van der Waals surface area contributed by atoms with Crippen molar-refractivity contribution >= 4 is 45.7 Å². The molecule has 11 heteroatoms. The maximum absolute atomic E-state index is 13.5. The zero-order valence-electron chi connectivity index (χ0n) is 17.9. The third-order valence-electron chi connectivity index (χ3n) is 4.94. The molecule has 0 bridgehead atoms. The lowest BCUT2D eigenvalue weighted by atomic mass is 10.1. The molecule has 1 atom stereocenters. The normalized spacial score (nSPS) is 15.4. The Hall–Kier alpha value is -3.21. The third kappa shape index (κ3) is 5.78. The molecule has 0 radical (unpaired) electrons. The molecule has 9 nitrogen and oxygen atoms in total. The van der Waals surface area contributed by atoms with Gasteiger partial charge in [0.2, 0.25) is 0 Å². The molecule has 1 fully saturated rings. The molecule has 2 aromatic carbocycles. The fourth-order valence-corrected chi connectivity index (χ4v) is 3.49. The van der Waals surface area contributed by atoms with E-state index in [9.17, 15) is 9.18 Å². The summed E-state index contributed by atoms with van der Waals surface area (Å²) in [6, 6.07) is 7.34. The van der Waals surface area contributed by atoms with Gasteiger partial charge in [0, 0.05) is 37.2 Å². The molecule has 2 amide bonds. The van der Waals surface area contributed by atoms with E-state index in [1.807, 2.05) is 0 Å². The summed E-state index contributed by atoms with van der Waals surface area (Å²) in [6.45, 7) is 1.83. The van der Waals surface area contributed by atoms with Crippen LogP contribution >= 0.6 is 11.6 Å². The SMILES string of the molecule is COCCNC(=O)Nc1cc2c(Nc3ccc(F)c(Cl)c3)ncnc2cc1O[C@H]1CCOC1. The van der Waals surface area contributed by atoms with Gasteiger partial charge in [-0.15, -0.1) is 0 Å². The van der Waals surface area contributed by atoms with Gasteiger partial charge in [0.25, 0.3) is 0 Å². The molecule has 1 aliphatic heterocycles. The first-order valence-corrected chi connectivity index (χ1v) is 10.7. The van der Waals surface area contributed by atoms with Gasteiger partial charge in [-0.1, -0.05) is 11.6 Å². The van der Waals surface area contributed by atoms with Crippen molar-refractivity contribution in [3.63, 3.8) is 0 Å². The summed E-state index contributed by atoms with van der Waals surface area (Å²) >= 11 is 5.90. The molecule has 3 aromatic rings. The number of nitrogens with one attached hydrogen (secondary N) is 3. The van der Waals surface area contributed by atoms with Crippen LogP contribution in [0, 0.1) is 5.82 Å². The molecule has 2 heterocycles. The summed E-state index contributed by atoms with van der Waals surface area (Å²) in [4.78, 5) is 21.0. The van der Waals surface area contributed by atoms with Crippen molar-refractivity contribution < 1.29 is 23.4 Å². The summed E-state index contributed by atoms with van der Waals surface area (Å²) in [7, 11) is 1.56. The Morgan fingerprint density at radius 2 is 2.18 bits per heavy atom. The lowest BCUT2D eigenvalue weighted by molar-refractivity contribution is 0.142. The summed E-state index contributed by atoms with van der Waals surface area (Å²) in [5.74, 6) is 0.411. The fourth-order valence-electron chi connectivity index (χ4n) is 3.31. The van der Waals surface area contributed by atoms with Crippen molar-refractivity contribution in [3.8, 4) is 5.75 Å². The molecule has 3 N–H and O–H groups in total. The second-order valence-corrected chi connectivity index (χ2v) is 7.73. The van der Waals surface area contributed by atoms with Crippen LogP contribution in [0.1, 0.15) is 6.42 Å². The minimum atomic E-state index is -0.515. The fraction of sp³-hybridized carbons (Fsp3) is 0.318. The van der Waals surface area contributed by atoms with Gasteiger partial charge < -0.3 is 30.2 Å². The molecular weight excluding hydrogens is 453 g/mol. The molecule has 0 unspecified atom stereocenters. The van der Waals surface area contributed by atoms with Gasteiger partial charge in [0.05, 0.1) is 36.0 Å². The second-order valence-electron chi connectivity index (χ2n) is 7.32. The average Bonchev–Trinajstić information content (AvgIpc) is 3.30. The number of methoxy groups -OCH3 is 1. The number of aromatic nitrogens is 2. The van der Waals surface area contributed by atoms with Crippen LogP contribution in [0.15, 0.2) is 36.7 Å². The van der Waals surface area contributed by atoms with Crippen molar-refractivity contribution in [3.05, 3.63) is 47.5 Å². The van der Waals surface area contributed by atoms with Crippen LogP contribution in [0.5, 0.6) is 5.75 Å².